The Balaban J connectivity index is 2.91. The normalized spacial score (nSPS) is 12.2. The molecule has 5 heteroatoms. The first-order valence-corrected chi connectivity index (χ1v) is 6.08. The van der Waals surface area contributed by atoms with Crippen molar-refractivity contribution in [3.05, 3.63) is 35.4 Å². The Labute approximate surface area is 112 Å². The minimum Gasteiger partial charge on any atom is -0.480 e. The van der Waals surface area contributed by atoms with E-state index in [4.69, 9.17) is 9.84 Å². The van der Waals surface area contributed by atoms with Crippen molar-refractivity contribution in [2.24, 2.45) is 5.92 Å². The fourth-order valence-electron chi connectivity index (χ4n) is 1.76. The van der Waals surface area contributed by atoms with Gasteiger partial charge in [-0.05, 0) is 17.5 Å². The molecule has 0 radical (unpaired) electrons. The molecule has 1 rings (SSSR count). The molecule has 1 amide bonds. The third-order valence-corrected chi connectivity index (χ3v) is 2.78. The Kier molecular flexibility index (Phi) is 5.51. The van der Waals surface area contributed by atoms with Crippen molar-refractivity contribution < 1.29 is 19.4 Å². The van der Waals surface area contributed by atoms with Crippen LogP contribution in [0.3, 0.4) is 0 Å². The Morgan fingerprint density at radius 3 is 2.47 bits per heavy atom. The van der Waals surface area contributed by atoms with Crippen LogP contribution >= 0.6 is 0 Å². The van der Waals surface area contributed by atoms with Gasteiger partial charge in [-0.25, -0.2) is 4.79 Å². The smallest absolute Gasteiger partial charge is 0.326 e. The molecule has 5 nitrogen and oxygen atoms in total. The van der Waals surface area contributed by atoms with Crippen LogP contribution < -0.4 is 5.32 Å². The quantitative estimate of drug-likeness (QED) is 0.820. The van der Waals surface area contributed by atoms with E-state index in [1.165, 1.54) is 0 Å². The van der Waals surface area contributed by atoms with Crippen LogP contribution in [0.4, 0.5) is 0 Å². The largest absolute Gasteiger partial charge is 0.480 e. The summed E-state index contributed by atoms with van der Waals surface area (Å²) in [6, 6.07) is 6.08. The highest BCUT2D eigenvalue weighted by atomic mass is 16.5. The first kappa shape index (κ1) is 15.2. The summed E-state index contributed by atoms with van der Waals surface area (Å²) in [5.74, 6) is -1.61. The number of benzene rings is 1. The second-order valence-corrected chi connectivity index (χ2v) is 4.62. The highest BCUT2D eigenvalue weighted by molar-refractivity contribution is 5.97. The molecule has 0 aliphatic heterocycles. The number of rotatable bonds is 6. The van der Waals surface area contributed by atoms with E-state index in [1.807, 2.05) is 6.07 Å². The molecule has 0 heterocycles. The van der Waals surface area contributed by atoms with E-state index in [0.29, 0.717) is 12.2 Å². The zero-order chi connectivity index (χ0) is 14.4. The van der Waals surface area contributed by atoms with Crippen LogP contribution in [-0.2, 0) is 16.1 Å². The maximum absolute atomic E-state index is 12.1. The zero-order valence-electron chi connectivity index (χ0n) is 11.3. The molecular weight excluding hydrogens is 246 g/mol. The number of aliphatic carboxylic acids is 1. The van der Waals surface area contributed by atoms with Crippen molar-refractivity contribution >= 4 is 11.9 Å². The van der Waals surface area contributed by atoms with Gasteiger partial charge in [0, 0.05) is 12.7 Å². The Morgan fingerprint density at radius 1 is 1.32 bits per heavy atom. The summed E-state index contributed by atoms with van der Waals surface area (Å²) in [6.07, 6.45) is 0. The molecule has 0 saturated heterocycles. The molecular formula is C14H19NO4. The molecule has 2 N–H and O–H groups in total. The summed E-state index contributed by atoms with van der Waals surface area (Å²) in [7, 11) is 1.54. The van der Waals surface area contributed by atoms with E-state index in [1.54, 1.807) is 39.2 Å². The predicted molar refractivity (Wildman–Crippen MR) is 70.9 cm³/mol. The Hall–Kier alpha value is -1.88. The van der Waals surface area contributed by atoms with Crippen molar-refractivity contribution in [2.45, 2.75) is 26.5 Å². The molecule has 1 atom stereocenters. The number of carbonyl (C=O) groups excluding carboxylic acids is 1. The minimum absolute atomic E-state index is 0.184. The fourth-order valence-corrected chi connectivity index (χ4v) is 1.76. The number of methoxy groups -OCH3 is 1. The Bertz CT molecular complexity index is 457. The molecule has 0 bridgehead atoms. The van der Waals surface area contributed by atoms with Crippen LogP contribution in [0.25, 0.3) is 0 Å². The number of amides is 1. The summed E-state index contributed by atoms with van der Waals surface area (Å²) in [5.41, 5.74) is 1.17. The molecule has 0 aliphatic carbocycles. The number of hydrogen-bond donors (Lipinski definition) is 2. The van der Waals surface area contributed by atoms with Crippen LogP contribution in [-0.4, -0.2) is 30.1 Å². The average Bonchev–Trinajstić information content (AvgIpc) is 2.36. The van der Waals surface area contributed by atoms with Gasteiger partial charge in [0.2, 0.25) is 0 Å². The fraction of sp³-hybridized carbons (Fsp3) is 0.429. The molecule has 0 spiro atoms. The standard InChI is InChI=1S/C14H19NO4/c1-9(2)12(14(17)18)15-13(16)11-7-5-4-6-10(11)8-19-3/h4-7,9,12H,8H2,1-3H3,(H,15,16)(H,17,18)/t12-/m1/s1. The van der Waals surface area contributed by atoms with E-state index < -0.39 is 17.9 Å². The van der Waals surface area contributed by atoms with Crippen molar-refractivity contribution in [1.29, 1.82) is 0 Å². The van der Waals surface area contributed by atoms with Crippen LogP contribution in [0.2, 0.25) is 0 Å². The summed E-state index contributed by atoms with van der Waals surface area (Å²) >= 11 is 0. The summed E-state index contributed by atoms with van der Waals surface area (Å²) < 4.78 is 5.02. The molecule has 104 valence electrons. The molecule has 0 aliphatic rings. The van der Waals surface area contributed by atoms with Gasteiger partial charge in [-0.15, -0.1) is 0 Å². The monoisotopic (exact) mass is 265 g/mol. The lowest BCUT2D eigenvalue weighted by Crippen LogP contribution is -2.44. The van der Waals surface area contributed by atoms with Crippen molar-refractivity contribution in [3.63, 3.8) is 0 Å². The molecule has 0 aromatic heterocycles. The SMILES string of the molecule is COCc1ccccc1C(=O)N[C@@H](C(=O)O)C(C)C. The number of carboxylic acid groups (broad SMARTS) is 1. The topological polar surface area (TPSA) is 75.6 Å². The number of carboxylic acids is 1. The number of ether oxygens (including phenoxy) is 1. The van der Waals surface area contributed by atoms with E-state index in [9.17, 15) is 9.59 Å². The molecule has 0 unspecified atom stereocenters. The first-order valence-electron chi connectivity index (χ1n) is 6.08. The van der Waals surface area contributed by atoms with Gasteiger partial charge in [0.1, 0.15) is 6.04 Å². The van der Waals surface area contributed by atoms with Gasteiger partial charge in [-0.1, -0.05) is 32.0 Å². The minimum atomic E-state index is -1.03. The lowest BCUT2D eigenvalue weighted by atomic mass is 10.0. The first-order chi connectivity index (χ1) is 8.97. The lowest BCUT2D eigenvalue weighted by Gasteiger charge is -2.18. The third-order valence-electron chi connectivity index (χ3n) is 2.78. The maximum atomic E-state index is 12.1. The average molecular weight is 265 g/mol. The number of hydrogen-bond acceptors (Lipinski definition) is 3. The Morgan fingerprint density at radius 2 is 1.95 bits per heavy atom. The van der Waals surface area contributed by atoms with Crippen molar-refractivity contribution in [1.82, 2.24) is 5.32 Å². The van der Waals surface area contributed by atoms with E-state index in [0.717, 1.165) is 5.56 Å². The van der Waals surface area contributed by atoms with E-state index in [2.05, 4.69) is 5.32 Å². The second kappa shape index (κ2) is 6.89. The zero-order valence-corrected chi connectivity index (χ0v) is 11.3. The van der Waals surface area contributed by atoms with Gasteiger partial charge in [-0.2, -0.15) is 0 Å². The lowest BCUT2D eigenvalue weighted by molar-refractivity contribution is -0.140. The second-order valence-electron chi connectivity index (χ2n) is 4.62. The van der Waals surface area contributed by atoms with Gasteiger partial charge in [0.25, 0.3) is 5.91 Å². The molecule has 0 saturated carbocycles. The highest BCUT2D eigenvalue weighted by Gasteiger charge is 2.24. The van der Waals surface area contributed by atoms with Crippen LogP contribution in [0.1, 0.15) is 29.8 Å². The highest BCUT2D eigenvalue weighted by Crippen LogP contribution is 2.11. The molecule has 1 aromatic rings. The summed E-state index contributed by atoms with van der Waals surface area (Å²) in [5, 5.41) is 11.6. The summed E-state index contributed by atoms with van der Waals surface area (Å²) in [6.45, 7) is 3.81. The van der Waals surface area contributed by atoms with Crippen LogP contribution in [0.5, 0.6) is 0 Å². The maximum Gasteiger partial charge on any atom is 0.326 e. The van der Waals surface area contributed by atoms with Gasteiger partial charge in [-0.3, -0.25) is 4.79 Å². The van der Waals surface area contributed by atoms with Gasteiger partial charge < -0.3 is 15.2 Å². The van der Waals surface area contributed by atoms with E-state index >= 15 is 0 Å². The number of carbonyl (C=O) groups is 2. The van der Waals surface area contributed by atoms with Gasteiger partial charge >= 0.3 is 5.97 Å². The summed E-state index contributed by atoms with van der Waals surface area (Å²) in [4.78, 5) is 23.2. The predicted octanol–water partition coefficient (Wildman–Crippen LogP) is 1.67. The van der Waals surface area contributed by atoms with Crippen LogP contribution in [0, 0.1) is 5.92 Å². The van der Waals surface area contributed by atoms with Crippen molar-refractivity contribution in [3.8, 4) is 0 Å². The molecule has 0 fully saturated rings. The van der Waals surface area contributed by atoms with Crippen molar-refractivity contribution in [2.75, 3.05) is 7.11 Å². The molecule has 19 heavy (non-hydrogen) atoms. The van der Waals surface area contributed by atoms with Gasteiger partial charge in [0.15, 0.2) is 0 Å². The number of nitrogens with one attached hydrogen (secondary N) is 1. The third kappa shape index (κ3) is 4.06. The molecule has 1 aromatic carbocycles. The van der Waals surface area contributed by atoms with E-state index in [-0.39, 0.29) is 5.92 Å². The van der Waals surface area contributed by atoms with Crippen LogP contribution in [0.15, 0.2) is 24.3 Å². The van der Waals surface area contributed by atoms with Gasteiger partial charge in [0.05, 0.1) is 6.61 Å².